The predicted octanol–water partition coefficient (Wildman–Crippen LogP) is 3.17. The van der Waals surface area contributed by atoms with Gasteiger partial charge in [0.1, 0.15) is 0 Å². The molecule has 0 bridgehead atoms. The Hall–Kier alpha value is -2.03. The Balaban J connectivity index is 2.23. The van der Waals surface area contributed by atoms with Crippen molar-refractivity contribution in [2.75, 3.05) is 0 Å². The fourth-order valence-corrected chi connectivity index (χ4v) is 1.46. The average molecular weight is 214 g/mol. The lowest BCUT2D eigenvalue weighted by atomic mass is 10.1. The van der Waals surface area contributed by atoms with Crippen molar-refractivity contribution in [2.24, 2.45) is 0 Å². The molecular weight excluding hydrogens is 203 g/mol. The Labute approximate surface area is 93.5 Å². The van der Waals surface area contributed by atoms with E-state index in [1.807, 2.05) is 24.3 Å². The predicted molar refractivity (Wildman–Crippen MR) is 61.4 cm³/mol. The van der Waals surface area contributed by atoms with E-state index in [2.05, 4.69) is 16.5 Å². The van der Waals surface area contributed by atoms with Gasteiger partial charge in [0.25, 0.3) is 0 Å². The first-order valence-electron chi connectivity index (χ1n) is 4.94. The minimum absolute atomic E-state index is 0.265. The molecular formula is C13H11FN2. The molecule has 0 atom stereocenters. The van der Waals surface area contributed by atoms with Crippen LogP contribution in [0.15, 0.2) is 55.3 Å². The Bertz CT molecular complexity index is 477. The van der Waals surface area contributed by atoms with Gasteiger partial charge in [0, 0.05) is 24.4 Å². The van der Waals surface area contributed by atoms with E-state index >= 15 is 0 Å². The highest BCUT2D eigenvalue weighted by Gasteiger charge is 2.00. The maximum atomic E-state index is 12.6. The lowest BCUT2D eigenvalue weighted by molar-refractivity contribution is 0.617. The van der Waals surface area contributed by atoms with E-state index in [1.165, 1.54) is 0 Å². The van der Waals surface area contributed by atoms with E-state index in [0.29, 0.717) is 0 Å². The van der Waals surface area contributed by atoms with Crippen LogP contribution in [0.4, 0.5) is 4.39 Å². The fourth-order valence-electron chi connectivity index (χ4n) is 1.46. The second-order valence-corrected chi connectivity index (χ2v) is 3.48. The summed E-state index contributed by atoms with van der Waals surface area (Å²) in [7, 11) is 0. The highest BCUT2D eigenvalue weighted by Crippen LogP contribution is 2.17. The summed E-state index contributed by atoms with van der Waals surface area (Å²) in [5, 5.41) is 0. The van der Waals surface area contributed by atoms with Crippen LogP contribution < -0.4 is 0 Å². The van der Waals surface area contributed by atoms with Crippen LogP contribution in [0, 0.1) is 0 Å². The van der Waals surface area contributed by atoms with E-state index < -0.39 is 0 Å². The van der Waals surface area contributed by atoms with E-state index in [0.717, 1.165) is 16.8 Å². The molecule has 0 radical (unpaired) electrons. The number of benzene rings is 1. The van der Waals surface area contributed by atoms with Crippen molar-refractivity contribution in [3.8, 4) is 11.3 Å². The monoisotopic (exact) mass is 214 g/mol. The van der Waals surface area contributed by atoms with Gasteiger partial charge in [-0.3, -0.25) is 9.97 Å². The fraction of sp³-hybridized carbons (Fsp3) is 0.0769. The third-order valence-electron chi connectivity index (χ3n) is 2.21. The highest BCUT2D eigenvalue weighted by atomic mass is 19.1. The van der Waals surface area contributed by atoms with Crippen LogP contribution in [0.5, 0.6) is 0 Å². The largest absolute Gasteiger partial charge is 0.261 e. The van der Waals surface area contributed by atoms with Crippen LogP contribution in [0.2, 0.25) is 0 Å². The van der Waals surface area contributed by atoms with Gasteiger partial charge >= 0.3 is 0 Å². The van der Waals surface area contributed by atoms with Gasteiger partial charge in [-0.15, -0.1) is 0 Å². The third-order valence-corrected chi connectivity index (χ3v) is 2.21. The summed E-state index contributed by atoms with van der Waals surface area (Å²) in [6.45, 7) is 3.24. The highest BCUT2D eigenvalue weighted by molar-refractivity contribution is 5.58. The van der Waals surface area contributed by atoms with Gasteiger partial charge in [-0.1, -0.05) is 30.8 Å². The zero-order valence-corrected chi connectivity index (χ0v) is 8.73. The third kappa shape index (κ3) is 2.51. The second-order valence-electron chi connectivity index (χ2n) is 3.48. The molecule has 2 rings (SSSR count). The molecule has 2 nitrogen and oxygen atoms in total. The molecule has 0 aliphatic carbocycles. The van der Waals surface area contributed by atoms with Crippen LogP contribution in [-0.4, -0.2) is 9.97 Å². The van der Waals surface area contributed by atoms with Gasteiger partial charge < -0.3 is 0 Å². The summed E-state index contributed by atoms with van der Waals surface area (Å²) >= 11 is 0. The molecule has 0 N–H and O–H groups in total. The number of hydrogen-bond donors (Lipinski definition) is 0. The van der Waals surface area contributed by atoms with Crippen LogP contribution in [0.1, 0.15) is 5.56 Å². The summed E-state index contributed by atoms with van der Waals surface area (Å²) in [5.74, 6) is -0.327. The maximum absolute atomic E-state index is 12.6. The van der Waals surface area contributed by atoms with E-state index in [1.54, 1.807) is 18.6 Å². The van der Waals surface area contributed by atoms with Crippen molar-refractivity contribution in [1.82, 2.24) is 9.97 Å². The number of rotatable bonds is 3. The Morgan fingerprint density at radius 1 is 1.19 bits per heavy atom. The van der Waals surface area contributed by atoms with Crippen molar-refractivity contribution in [2.45, 2.75) is 6.42 Å². The molecule has 0 spiro atoms. The molecule has 0 amide bonds. The molecule has 16 heavy (non-hydrogen) atoms. The van der Waals surface area contributed by atoms with Crippen molar-refractivity contribution in [3.05, 3.63) is 60.8 Å². The van der Waals surface area contributed by atoms with E-state index in [9.17, 15) is 4.39 Å². The second kappa shape index (κ2) is 4.66. The van der Waals surface area contributed by atoms with Gasteiger partial charge in [0.15, 0.2) is 0 Å². The van der Waals surface area contributed by atoms with Gasteiger partial charge in [0.05, 0.1) is 17.7 Å². The molecule has 2 aromatic rings. The van der Waals surface area contributed by atoms with E-state index in [-0.39, 0.29) is 12.2 Å². The maximum Gasteiger partial charge on any atom is 0.0971 e. The standard InChI is InChI=1S/C13H11FN2/c1-10(14)8-11-2-4-12(5-3-11)13-9-15-6-7-16-13/h2-7,9H,1,8H2. The van der Waals surface area contributed by atoms with Crippen molar-refractivity contribution in [1.29, 1.82) is 0 Å². The molecule has 0 aliphatic heterocycles. The van der Waals surface area contributed by atoms with Gasteiger partial charge in [-0.05, 0) is 5.56 Å². The molecule has 1 aromatic heterocycles. The summed E-state index contributed by atoms with van der Waals surface area (Å²) in [6.07, 6.45) is 5.24. The van der Waals surface area contributed by atoms with E-state index in [4.69, 9.17) is 0 Å². The Kier molecular flexibility index (Phi) is 3.05. The zero-order valence-electron chi connectivity index (χ0n) is 8.73. The van der Waals surface area contributed by atoms with Gasteiger partial charge in [0.2, 0.25) is 0 Å². The van der Waals surface area contributed by atoms with Crippen LogP contribution in [0.3, 0.4) is 0 Å². The number of allylic oxidation sites excluding steroid dienone is 1. The average Bonchev–Trinajstić information content (AvgIpc) is 2.30. The van der Waals surface area contributed by atoms with Gasteiger partial charge in [-0.25, -0.2) is 4.39 Å². The molecule has 0 unspecified atom stereocenters. The summed E-state index contributed by atoms with van der Waals surface area (Å²) in [6, 6.07) is 7.55. The topological polar surface area (TPSA) is 25.8 Å². The summed E-state index contributed by atoms with van der Waals surface area (Å²) < 4.78 is 12.6. The molecule has 0 fully saturated rings. The number of hydrogen-bond acceptors (Lipinski definition) is 2. The lowest BCUT2D eigenvalue weighted by Crippen LogP contribution is -1.87. The Morgan fingerprint density at radius 2 is 1.94 bits per heavy atom. The molecule has 1 heterocycles. The minimum atomic E-state index is -0.327. The SMILES string of the molecule is C=C(F)Cc1ccc(-c2cnccn2)cc1. The van der Waals surface area contributed by atoms with Crippen molar-refractivity contribution < 1.29 is 4.39 Å². The number of halogens is 1. The first-order chi connectivity index (χ1) is 7.75. The smallest absolute Gasteiger partial charge is 0.0971 e. The van der Waals surface area contributed by atoms with Crippen molar-refractivity contribution in [3.63, 3.8) is 0 Å². The number of nitrogens with zero attached hydrogens (tertiary/aromatic N) is 2. The first-order valence-corrected chi connectivity index (χ1v) is 4.94. The van der Waals surface area contributed by atoms with Crippen LogP contribution in [-0.2, 0) is 6.42 Å². The minimum Gasteiger partial charge on any atom is -0.261 e. The molecule has 3 heteroatoms. The van der Waals surface area contributed by atoms with Crippen LogP contribution in [0.25, 0.3) is 11.3 Å². The summed E-state index contributed by atoms with van der Waals surface area (Å²) in [5.41, 5.74) is 2.69. The molecule has 0 saturated heterocycles. The zero-order chi connectivity index (χ0) is 11.4. The molecule has 80 valence electrons. The number of aromatic nitrogens is 2. The molecule has 0 aliphatic rings. The normalized spacial score (nSPS) is 10.1. The van der Waals surface area contributed by atoms with Crippen LogP contribution >= 0.6 is 0 Å². The summed E-state index contributed by atoms with van der Waals surface area (Å²) in [4.78, 5) is 8.18. The lowest BCUT2D eigenvalue weighted by Gasteiger charge is -2.02. The molecule has 1 aromatic carbocycles. The first kappa shape index (κ1) is 10.5. The quantitative estimate of drug-likeness (QED) is 0.784. The molecule has 0 saturated carbocycles. The van der Waals surface area contributed by atoms with Crippen molar-refractivity contribution >= 4 is 0 Å². The Morgan fingerprint density at radius 3 is 2.50 bits per heavy atom. The van der Waals surface area contributed by atoms with Gasteiger partial charge in [-0.2, -0.15) is 0 Å².